The molecule has 9 N–H and O–H groups in total. The molecule has 0 heterocycles. The third-order valence-electron chi connectivity index (χ3n) is 2.06. The van der Waals surface area contributed by atoms with Crippen molar-refractivity contribution in [1.82, 2.24) is 10.6 Å². The SMILES string of the molecule is CCC(O)NC(CCCNC(=N)N)C(=O)O.O. The summed E-state index contributed by atoms with van der Waals surface area (Å²) in [6.45, 7) is 2.21. The standard InChI is InChI=1S/C9H20N4O3.H2O/c1-2-7(14)13-6(8(15)16)4-3-5-12-9(10)11;/h6-7,13-14H,2-5H2,1H3,(H,15,16)(H4,10,11,12);1H2. The molecule has 0 aromatic rings. The van der Waals surface area contributed by atoms with E-state index in [0.717, 1.165) is 0 Å². The Morgan fingerprint density at radius 2 is 2.12 bits per heavy atom. The topological polar surface area (TPSA) is 163 Å². The Morgan fingerprint density at radius 1 is 1.53 bits per heavy atom. The zero-order chi connectivity index (χ0) is 12.6. The molecule has 2 unspecified atom stereocenters. The van der Waals surface area contributed by atoms with Gasteiger partial charge in [-0.25, -0.2) is 0 Å². The minimum Gasteiger partial charge on any atom is -0.480 e. The lowest BCUT2D eigenvalue weighted by atomic mass is 10.1. The van der Waals surface area contributed by atoms with E-state index in [2.05, 4.69) is 10.6 Å². The quantitative estimate of drug-likeness (QED) is 0.129. The van der Waals surface area contributed by atoms with Crippen molar-refractivity contribution >= 4 is 11.9 Å². The van der Waals surface area contributed by atoms with Crippen molar-refractivity contribution in [2.24, 2.45) is 5.73 Å². The van der Waals surface area contributed by atoms with Crippen LogP contribution in [0.3, 0.4) is 0 Å². The smallest absolute Gasteiger partial charge is 0.320 e. The van der Waals surface area contributed by atoms with Crippen molar-refractivity contribution in [3.05, 3.63) is 0 Å². The minimum absolute atomic E-state index is 0. The molecule has 0 saturated carbocycles. The Morgan fingerprint density at radius 3 is 2.53 bits per heavy atom. The van der Waals surface area contributed by atoms with E-state index in [1.165, 1.54) is 0 Å². The second-order valence-corrected chi connectivity index (χ2v) is 3.46. The van der Waals surface area contributed by atoms with Gasteiger partial charge in [0.1, 0.15) is 12.3 Å². The molecule has 0 radical (unpaired) electrons. The molecule has 0 fully saturated rings. The largest absolute Gasteiger partial charge is 0.480 e. The molecule has 2 atom stereocenters. The van der Waals surface area contributed by atoms with Crippen LogP contribution in [0, 0.1) is 5.41 Å². The van der Waals surface area contributed by atoms with Gasteiger partial charge in [-0.2, -0.15) is 0 Å². The molecule has 0 aromatic heterocycles. The predicted molar refractivity (Wildman–Crippen MR) is 63.6 cm³/mol. The molecule has 0 saturated heterocycles. The summed E-state index contributed by atoms with van der Waals surface area (Å²) in [4.78, 5) is 10.8. The number of hydrogen-bond donors (Lipinski definition) is 6. The van der Waals surface area contributed by atoms with E-state index in [1.54, 1.807) is 6.92 Å². The normalized spacial score (nSPS) is 13.3. The van der Waals surface area contributed by atoms with Gasteiger partial charge in [0.2, 0.25) is 0 Å². The zero-order valence-electron chi connectivity index (χ0n) is 9.86. The highest BCUT2D eigenvalue weighted by molar-refractivity contribution is 5.74. The van der Waals surface area contributed by atoms with Crippen LogP contribution in [-0.2, 0) is 4.79 Å². The average molecular weight is 250 g/mol. The fraction of sp³-hybridized carbons (Fsp3) is 0.778. The van der Waals surface area contributed by atoms with Gasteiger partial charge in [0.25, 0.3) is 0 Å². The number of aliphatic hydroxyl groups excluding tert-OH is 1. The zero-order valence-corrected chi connectivity index (χ0v) is 9.86. The van der Waals surface area contributed by atoms with Crippen LogP contribution in [0.15, 0.2) is 0 Å². The van der Waals surface area contributed by atoms with Gasteiger partial charge in [-0.1, -0.05) is 6.92 Å². The number of nitrogens with one attached hydrogen (secondary N) is 3. The van der Waals surface area contributed by atoms with Gasteiger partial charge >= 0.3 is 5.97 Å². The third-order valence-corrected chi connectivity index (χ3v) is 2.06. The van der Waals surface area contributed by atoms with Gasteiger partial charge in [0, 0.05) is 6.54 Å². The van der Waals surface area contributed by atoms with E-state index in [9.17, 15) is 9.90 Å². The molecule has 17 heavy (non-hydrogen) atoms. The maximum Gasteiger partial charge on any atom is 0.320 e. The van der Waals surface area contributed by atoms with Crippen LogP contribution in [0.5, 0.6) is 0 Å². The van der Waals surface area contributed by atoms with E-state index in [4.69, 9.17) is 16.2 Å². The number of nitrogens with two attached hydrogens (primary N) is 1. The average Bonchev–Trinajstić information content (AvgIpc) is 2.21. The molecule has 102 valence electrons. The fourth-order valence-electron chi connectivity index (χ4n) is 1.16. The first-order chi connectivity index (χ1) is 7.47. The number of carbonyl (C=O) groups is 1. The summed E-state index contributed by atoms with van der Waals surface area (Å²) < 4.78 is 0. The van der Waals surface area contributed by atoms with Crippen LogP contribution in [0.4, 0.5) is 0 Å². The highest BCUT2D eigenvalue weighted by atomic mass is 16.4. The van der Waals surface area contributed by atoms with Crippen molar-refractivity contribution in [3.63, 3.8) is 0 Å². The second-order valence-electron chi connectivity index (χ2n) is 3.46. The molecule has 0 amide bonds. The molecule has 0 rings (SSSR count). The van der Waals surface area contributed by atoms with Crippen LogP contribution in [0.1, 0.15) is 26.2 Å². The fourth-order valence-corrected chi connectivity index (χ4v) is 1.16. The number of carboxylic acids is 1. The third kappa shape index (κ3) is 9.54. The molecule has 0 aromatic carbocycles. The maximum absolute atomic E-state index is 10.8. The predicted octanol–water partition coefficient (Wildman–Crippen LogP) is -1.80. The Hall–Kier alpha value is -1.38. The molecule has 0 aliphatic rings. The lowest BCUT2D eigenvalue weighted by molar-refractivity contribution is -0.140. The summed E-state index contributed by atoms with van der Waals surface area (Å²) in [7, 11) is 0. The van der Waals surface area contributed by atoms with Gasteiger partial charge in [0.15, 0.2) is 5.96 Å². The molecule has 8 heteroatoms. The Balaban J connectivity index is 0. The van der Waals surface area contributed by atoms with Gasteiger partial charge in [-0.15, -0.1) is 0 Å². The Bertz CT molecular complexity index is 237. The van der Waals surface area contributed by atoms with Gasteiger partial charge in [-0.3, -0.25) is 15.5 Å². The van der Waals surface area contributed by atoms with Crippen LogP contribution in [0.25, 0.3) is 0 Å². The van der Waals surface area contributed by atoms with Crippen LogP contribution in [0.2, 0.25) is 0 Å². The summed E-state index contributed by atoms with van der Waals surface area (Å²) in [5.74, 6) is -1.12. The summed E-state index contributed by atoms with van der Waals surface area (Å²) >= 11 is 0. The van der Waals surface area contributed by atoms with E-state index < -0.39 is 18.2 Å². The van der Waals surface area contributed by atoms with Gasteiger partial charge in [0.05, 0.1) is 0 Å². The van der Waals surface area contributed by atoms with Crippen LogP contribution >= 0.6 is 0 Å². The first-order valence-corrected chi connectivity index (χ1v) is 5.22. The summed E-state index contributed by atoms with van der Waals surface area (Å²) in [6, 6.07) is -0.774. The van der Waals surface area contributed by atoms with Crippen molar-refractivity contribution in [2.45, 2.75) is 38.5 Å². The molecule has 0 bridgehead atoms. The summed E-state index contributed by atoms with van der Waals surface area (Å²) in [5, 5.41) is 30.2. The summed E-state index contributed by atoms with van der Waals surface area (Å²) in [6.07, 6.45) is 0.573. The van der Waals surface area contributed by atoms with E-state index in [0.29, 0.717) is 25.8 Å². The van der Waals surface area contributed by atoms with Crippen molar-refractivity contribution in [1.29, 1.82) is 5.41 Å². The number of rotatable bonds is 8. The highest BCUT2D eigenvalue weighted by Gasteiger charge is 2.18. The van der Waals surface area contributed by atoms with Crippen LogP contribution in [-0.4, -0.2) is 46.4 Å². The number of carboxylic acid groups (broad SMARTS) is 1. The lowest BCUT2D eigenvalue weighted by Crippen LogP contribution is -2.43. The van der Waals surface area contributed by atoms with E-state index >= 15 is 0 Å². The lowest BCUT2D eigenvalue weighted by Gasteiger charge is -2.18. The van der Waals surface area contributed by atoms with Gasteiger partial charge < -0.3 is 26.7 Å². The molecule has 0 aliphatic carbocycles. The molecule has 0 aliphatic heterocycles. The molecular weight excluding hydrogens is 228 g/mol. The van der Waals surface area contributed by atoms with E-state index in [-0.39, 0.29) is 11.4 Å². The van der Waals surface area contributed by atoms with Crippen molar-refractivity contribution < 1.29 is 20.5 Å². The maximum atomic E-state index is 10.8. The Labute approximate surface area is 100 Å². The van der Waals surface area contributed by atoms with Gasteiger partial charge in [-0.05, 0) is 19.3 Å². The Kier molecular flexibility index (Phi) is 10.4. The number of aliphatic hydroxyl groups is 1. The number of aliphatic carboxylic acids is 1. The van der Waals surface area contributed by atoms with E-state index in [1.807, 2.05) is 0 Å². The number of hydrogen-bond acceptors (Lipinski definition) is 4. The molecule has 0 spiro atoms. The summed E-state index contributed by atoms with van der Waals surface area (Å²) in [5.41, 5.74) is 5.07. The molecular formula is C9H22N4O4. The first kappa shape index (κ1) is 18.0. The molecule has 8 nitrogen and oxygen atoms in total. The highest BCUT2D eigenvalue weighted by Crippen LogP contribution is 1.99. The second kappa shape index (κ2) is 9.82. The minimum atomic E-state index is -0.990. The monoisotopic (exact) mass is 250 g/mol. The number of guanidine groups is 1. The van der Waals surface area contributed by atoms with Crippen molar-refractivity contribution in [2.75, 3.05) is 6.54 Å². The first-order valence-electron chi connectivity index (χ1n) is 5.22. The van der Waals surface area contributed by atoms with Crippen molar-refractivity contribution in [3.8, 4) is 0 Å². The van der Waals surface area contributed by atoms with Crippen LogP contribution < -0.4 is 16.4 Å².